The van der Waals surface area contributed by atoms with E-state index in [-0.39, 0.29) is 22.4 Å². The predicted molar refractivity (Wildman–Crippen MR) is 144 cm³/mol. The summed E-state index contributed by atoms with van der Waals surface area (Å²) in [4.78, 5) is 24.4. The normalized spacial score (nSPS) is 11.7. The standard InChI is InChI=1S/C26H31Cl2NO5S/c1-6-35-14-17-12-20(33-4)23(21(13-17)34-5)18-9-7-16(8-10-18)11-19(26(31)32)29-25(30)22(15(2)3)24(27)28/h7-10,12-13,15,19H,6,11,14H2,1-5H3,(H,29,30)(H,31,32)/t19-/m0/s1. The van der Waals surface area contributed by atoms with Crippen molar-refractivity contribution in [2.24, 2.45) is 5.92 Å². The van der Waals surface area contributed by atoms with Gasteiger partial charge in [-0.15, -0.1) is 0 Å². The molecule has 0 fully saturated rings. The summed E-state index contributed by atoms with van der Waals surface area (Å²) >= 11 is 13.5. The summed E-state index contributed by atoms with van der Waals surface area (Å²) in [6.07, 6.45) is 0.0914. The number of carboxylic acids is 1. The second-order valence-electron chi connectivity index (χ2n) is 8.11. The summed E-state index contributed by atoms with van der Waals surface area (Å²) in [5.74, 6) is 1.26. The Balaban J connectivity index is 2.30. The molecule has 35 heavy (non-hydrogen) atoms. The first kappa shape index (κ1) is 28.9. The van der Waals surface area contributed by atoms with E-state index < -0.39 is 17.9 Å². The van der Waals surface area contributed by atoms with Gasteiger partial charge in [-0.25, -0.2) is 4.79 Å². The van der Waals surface area contributed by atoms with Crippen LogP contribution in [0.15, 0.2) is 46.5 Å². The zero-order valence-electron chi connectivity index (χ0n) is 20.5. The summed E-state index contributed by atoms with van der Waals surface area (Å²) in [5.41, 5.74) is 3.68. The minimum Gasteiger partial charge on any atom is -0.496 e. The first-order valence-electron chi connectivity index (χ1n) is 11.1. The molecule has 2 aromatic carbocycles. The number of amides is 1. The van der Waals surface area contributed by atoms with Crippen LogP contribution in [0.4, 0.5) is 0 Å². The quantitative estimate of drug-likeness (QED) is 0.318. The van der Waals surface area contributed by atoms with E-state index in [2.05, 4.69) is 12.2 Å². The summed E-state index contributed by atoms with van der Waals surface area (Å²) in [7, 11) is 3.24. The van der Waals surface area contributed by atoms with Crippen LogP contribution in [0.5, 0.6) is 11.5 Å². The fourth-order valence-electron chi connectivity index (χ4n) is 3.60. The highest BCUT2D eigenvalue weighted by molar-refractivity contribution is 7.98. The topological polar surface area (TPSA) is 84.9 Å². The molecule has 0 saturated carbocycles. The first-order valence-corrected chi connectivity index (χ1v) is 13.0. The second-order valence-corrected chi connectivity index (χ2v) is 10.3. The molecule has 2 N–H and O–H groups in total. The van der Waals surface area contributed by atoms with Crippen molar-refractivity contribution in [2.45, 2.75) is 39.0 Å². The van der Waals surface area contributed by atoms with Crippen molar-refractivity contribution in [1.82, 2.24) is 5.32 Å². The Labute approximate surface area is 221 Å². The SMILES string of the molecule is CCSCc1cc(OC)c(-c2ccc(C[C@H](NC(=O)C(=C(Cl)Cl)C(C)C)C(=O)O)cc2)c(OC)c1. The minimum atomic E-state index is -1.15. The van der Waals surface area contributed by atoms with Crippen molar-refractivity contribution in [3.8, 4) is 22.6 Å². The van der Waals surface area contributed by atoms with Gasteiger partial charge in [0.2, 0.25) is 0 Å². The van der Waals surface area contributed by atoms with Crippen LogP contribution in [0.2, 0.25) is 0 Å². The van der Waals surface area contributed by atoms with Gasteiger partial charge in [-0.2, -0.15) is 11.8 Å². The fraction of sp³-hybridized carbons (Fsp3) is 0.385. The Morgan fingerprint density at radius 3 is 2.03 bits per heavy atom. The van der Waals surface area contributed by atoms with Gasteiger partial charge in [0.15, 0.2) is 0 Å². The molecule has 9 heteroatoms. The molecule has 0 aromatic heterocycles. The van der Waals surface area contributed by atoms with Gasteiger partial charge in [-0.05, 0) is 40.5 Å². The number of rotatable bonds is 12. The molecule has 0 spiro atoms. The molecule has 0 unspecified atom stereocenters. The van der Waals surface area contributed by atoms with E-state index in [1.165, 1.54) is 0 Å². The average Bonchev–Trinajstić information content (AvgIpc) is 2.81. The van der Waals surface area contributed by atoms with Crippen molar-refractivity contribution in [2.75, 3.05) is 20.0 Å². The largest absolute Gasteiger partial charge is 0.496 e. The van der Waals surface area contributed by atoms with Crippen molar-refractivity contribution < 1.29 is 24.2 Å². The zero-order chi connectivity index (χ0) is 26.1. The molecule has 1 amide bonds. The third-order valence-corrected chi connectivity index (χ3v) is 6.70. The maximum atomic E-state index is 12.6. The molecular weight excluding hydrogens is 509 g/mol. The first-order chi connectivity index (χ1) is 16.6. The van der Waals surface area contributed by atoms with Crippen molar-refractivity contribution in [3.05, 3.63) is 57.6 Å². The highest BCUT2D eigenvalue weighted by Gasteiger charge is 2.25. The fourth-order valence-corrected chi connectivity index (χ4v) is 4.81. The molecule has 0 saturated heterocycles. The number of benzene rings is 2. The number of carbonyl (C=O) groups is 2. The third-order valence-electron chi connectivity index (χ3n) is 5.35. The molecule has 2 aromatic rings. The van der Waals surface area contributed by atoms with Crippen molar-refractivity contribution in [1.29, 1.82) is 0 Å². The van der Waals surface area contributed by atoms with Crippen LogP contribution < -0.4 is 14.8 Å². The summed E-state index contributed by atoms with van der Waals surface area (Å²) in [6.45, 7) is 5.63. The highest BCUT2D eigenvalue weighted by Crippen LogP contribution is 2.40. The molecule has 0 heterocycles. The number of halogens is 2. The molecule has 6 nitrogen and oxygen atoms in total. The van der Waals surface area contributed by atoms with Gasteiger partial charge in [-0.3, -0.25) is 4.79 Å². The molecule has 190 valence electrons. The van der Waals surface area contributed by atoms with Gasteiger partial charge >= 0.3 is 5.97 Å². The lowest BCUT2D eigenvalue weighted by Crippen LogP contribution is -2.43. The van der Waals surface area contributed by atoms with Gasteiger partial charge in [-0.1, -0.05) is 68.2 Å². The Hall–Kier alpha value is -2.35. The predicted octanol–water partition coefficient (Wildman–Crippen LogP) is 6.08. The number of hydrogen-bond acceptors (Lipinski definition) is 5. The van der Waals surface area contributed by atoms with Gasteiger partial charge in [0.1, 0.15) is 22.0 Å². The Morgan fingerprint density at radius 2 is 1.60 bits per heavy atom. The molecule has 0 aliphatic heterocycles. The lowest BCUT2D eigenvalue weighted by molar-refractivity contribution is -0.141. The Kier molecular flexibility index (Phi) is 11.3. The van der Waals surface area contributed by atoms with Crippen LogP contribution in [0.25, 0.3) is 11.1 Å². The molecule has 0 aliphatic carbocycles. The van der Waals surface area contributed by atoms with Crippen LogP contribution in [-0.2, 0) is 21.8 Å². The van der Waals surface area contributed by atoms with Crippen LogP contribution in [0.1, 0.15) is 31.9 Å². The number of carbonyl (C=O) groups excluding carboxylic acids is 1. The van der Waals surface area contributed by atoms with E-state index in [1.54, 1.807) is 28.1 Å². The lowest BCUT2D eigenvalue weighted by Gasteiger charge is -2.18. The number of carboxylic acid groups (broad SMARTS) is 1. The molecule has 2 rings (SSSR count). The van der Waals surface area contributed by atoms with Gasteiger partial charge in [0, 0.05) is 17.7 Å². The van der Waals surface area contributed by atoms with E-state index in [4.69, 9.17) is 32.7 Å². The van der Waals surface area contributed by atoms with E-state index in [0.717, 1.165) is 33.8 Å². The summed E-state index contributed by atoms with van der Waals surface area (Å²) < 4.78 is 11.1. The van der Waals surface area contributed by atoms with E-state index in [0.29, 0.717) is 11.5 Å². The van der Waals surface area contributed by atoms with E-state index >= 15 is 0 Å². The van der Waals surface area contributed by atoms with Gasteiger partial charge in [0.05, 0.1) is 19.8 Å². The van der Waals surface area contributed by atoms with Crippen LogP contribution in [0, 0.1) is 5.92 Å². The Morgan fingerprint density at radius 1 is 1.03 bits per heavy atom. The maximum Gasteiger partial charge on any atom is 0.326 e. The van der Waals surface area contributed by atoms with Crippen LogP contribution in [0.3, 0.4) is 0 Å². The summed E-state index contributed by atoms with van der Waals surface area (Å²) in [5, 5.41) is 12.2. The van der Waals surface area contributed by atoms with Crippen molar-refractivity contribution in [3.63, 3.8) is 0 Å². The smallest absolute Gasteiger partial charge is 0.326 e. The molecule has 0 bridgehead atoms. The molecule has 0 radical (unpaired) electrons. The molecule has 0 aliphatic rings. The minimum absolute atomic E-state index is 0.0914. The third kappa shape index (κ3) is 7.82. The molecule has 1 atom stereocenters. The Bertz CT molecular complexity index is 1040. The van der Waals surface area contributed by atoms with E-state index in [9.17, 15) is 14.7 Å². The maximum absolute atomic E-state index is 12.6. The second kappa shape index (κ2) is 13.7. The lowest BCUT2D eigenvalue weighted by atomic mass is 9.97. The number of aliphatic carboxylic acids is 1. The summed E-state index contributed by atoms with van der Waals surface area (Å²) in [6, 6.07) is 10.3. The van der Waals surface area contributed by atoms with Crippen LogP contribution >= 0.6 is 35.0 Å². The van der Waals surface area contributed by atoms with Crippen molar-refractivity contribution >= 4 is 46.8 Å². The average molecular weight is 541 g/mol. The molecular formula is C26H31Cl2NO5S. The number of methoxy groups -OCH3 is 2. The number of ether oxygens (including phenoxy) is 2. The number of thioether (sulfide) groups is 1. The number of nitrogens with one attached hydrogen (secondary N) is 1. The monoisotopic (exact) mass is 539 g/mol. The number of hydrogen-bond donors (Lipinski definition) is 2. The van der Waals surface area contributed by atoms with Gasteiger partial charge in [0.25, 0.3) is 5.91 Å². The zero-order valence-corrected chi connectivity index (χ0v) is 22.8. The van der Waals surface area contributed by atoms with Crippen LogP contribution in [-0.4, -0.2) is 43.0 Å². The van der Waals surface area contributed by atoms with E-state index in [1.807, 2.05) is 48.2 Å². The van der Waals surface area contributed by atoms with Gasteiger partial charge < -0.3 is 19.9 Å². The highest BCUT2D eigenvalue weighted by atomic mass is 35.5.